The van der Waals surface area contributed by atoms with Crippen molar-refractivity contribution in [1.82, 2.24) is 10.2 Å². The molecule has 1 N–H and O–H groups in total. The number of hydrogen-bond donors (Lipinski definition) is 1. The average Bonchev–Trinajstić information content (AvgIpc) is 3.23. The van der Waals surface area contributed by atoms with E-state index in [9.17, 15) is 4.39 Å². The normalized spacial score (nSPS) is 19.8. The largest absolute Gasteiger partial charge is 0.494 e. The molecule has 2 atom stereocenters. The number of hydrogen-bond acceptors (Lipinski definition) is 2. The first-order chi connectivity index (χ1) is 10.6. The van der Waals surface area contributed by atoms with Crippen molar-refractivity contribution >= 4 is 29.9 Å². The smallest absolute Gasteiger partial charge is 0.193 e. The van der Waals surface area contributed by atoms with E-state index >= 15 is 0 Å². The number of guanidine groups is 1. The van der Waals surface area contributed by atoms with Crippen LogP contribution >= 0.6 is 24.0 Å². The summed E-state index contributed by atoms with van der Waals surface area (Å²) in [6, 6.07) is 5.59. The van der Waals surface area contributed by atoms with Gasteiger partial charge in [0.05, 0.1) is 7.11 Å². The third kappa shape index (κ3) is 5.51. The minimum absolute atomic E-state index is 0. The fourth-order valence-electron chi connectivity index (χ4n) is 2.78. The highest BCUT2D eigenvalue weighted by Crippen LogP contribution is 2.34. The maximum atomic E-state index is 13.8. The van der Waals surface area contributed by atoms with Crippen LogP contribution in [0.4, 0.5) is 4.39 Å². The first-order valence-electron chi connectivity index (χ1n) is 7.85. The second kappa shape index (κ2) is 9.30. The zero-order valence-corrected chi connectivity index (χ0v) is 16.6. The Kier molecular flexibility index (Phi) is 8.08. The number of aliphatic imine (C=N–C) groups is 1. The molecule has 23 heavy (non-hydrogen) atoms. The Morgan fingerprint density at radius 1 is 1.48 bits per heavy atom. The molecule has 1 fully saturated rings. The summed E-state index contributed by atoms with van der Waals surface area (Å²) in [5.74, 6) is 1.57. The van der Waals surface area contributed by atoms with Crippen LogP contribution in [-0.4, -0.2) is 38.1 Å². The molecule has 1 aromatic rings. The van der Waals surface area contributed by atoms with E-state index in [0.717, 1.165) is 17.4 Å². The van der Waals surface area contributed by atoms with E-state index in [0.29, 0.717) is 12.6 Å². The van der Waals surface area contributed by atoms with Gasteiger partial charge in [-0.3, -0.25) is 4.99 Å². The lowest BCUT2D eigenvalue weighted by molar-refractivity contribution is 0.385. The van der Waals surface area contributed by atoms with Crippen molar-refractivity contribution in [2.75, 3.05) is 21.2 Å². The van der Waals surface area contributed by atoms with Crippen LogP contribution in [0.1, 0.15) is 31.7 Å². The van der Waals surface area contributed by atoms with Crippen LogP contribution in [0.15, 0.2) is 23.2 Å². The Labute approximate surface area is 155 Å². The van der Waals surface area contributed by atoms with Gasteiger partial charge in [0.2, 0.25) is 0 Å². The van der Waals surface area contributed by atoms with Gasteiger partial charge in [0.25, 0.3) is 0 Å². The molecule has 2 unspecified atom stereocenters. The van der Waals surface area contributed by atoms with Gasteiger partial charge in [-0.05, 0) is 36.5 Å². The van der Waals surface area contributed by atoms with Crippen LogP contribution in [0.3, 0.4) is 0 Å². The molecule has 0 spiro atoms. The van der Waals surface area contributed by atoms with Crippen LogP contribution in [0.2, 0.25) is 0 Å². The highest BCUT2D eigenvalue weighted by molar-refractivity contribution is 14.0. The molecule has 1 aliphatic rings. The first kappa shape index (κ1) is 20.0. The maximum absolute atomic E-state index is 13.8. The van der Waals surface area contributed by atoms with Gasteiger partial charge in [0, 0.05) is 26.7 Å². The molecule has 0 heterocycles. The first-order valence-corrected chi connectivity index (χ1v) is 7.85. The van der Waals surface area contributed by atoms with Crippen molar-refractivity contribution < 1.29 is 9.13 Å². The average molecular weight is 435 g/mol. The highest BCUT2D eigenvalue weighted by atomic mass is 127. The summed E-state index contributed by atoms with van der Waals surface area (Å²) >= 11 is 0. The van der Waals surface area contributed by atoms with Gasteiger partial charge >= 0.3 is 0 Å². The predicted octanol–water partition coefficient (Wildman–Crippen LogP) is 3.65. The Morgan fingerprint density at radius 3 is 2.78 bits per heavy atom. The second-order valence-electron chi connectivity index (χ2n) is 5.91. The number of nitrogens with one attached hydrogen (secondary N) is 1. The van der Waals surface area contributed by atoms with Gasteiger partial charge < -0.3 is 15.0 Å². The number of rotatable bonds is 6. The van der Waals surface area contributed by atoms with Gasteiger partial charge in [-0.15, -0.1) is 24.0 Å². The number of ether oxygens (including phenoxy) is 1. The molecule has 2 rings (SSSR count). The molecule has 6 heteroatoms. The van der Waals surface area contributed by atoms with Gasteiger partial charge in [-0.1, -0.05) is 19.4 Å². The number of nitrogens with zero attached hydrogens (tertiary/aromatic N) is 2. The Hall–Kier alpha value is -1.05. The number of methoxy groups -OCH3 is 1. The summed E-state index contributed by atoms with van der Waals surface area (Å²) in [5.41, 5.74) is 0.893. The molecule has 0 amide bonds. The summed E-state index contributed by atoms with van der Waals surface area (Å²) in [6.45, 7) is 2.82. The molecule has 1 aromatic carbocycles. The van der Waals surface area contributed by atoms with Crippen molar-refractivity contribution in [3.8, 4) is 5.75 Å². The van der Waals surface area contributed by atoms with E-state index in [1.54, 1.807) is 13.1 Å². The molecular formula is C17H27FIN3O. The summed E-state index contributed by atoms with van der Waals surface area (Å²) in [5, 5.41) is 3.49. The summed E-state index contributed by atoms with van der Waals surface area (Å²) in [6.07, 6.45) is 3.71. The molecule has 0 radical (unpaired) electrons. The SMILES string of the molecule is CCCC1CC1NC(=NC)N(C)Cc1ccc(OC)c(F)c1.I. The monoisotopic (exact) mass is 435 g/mol. The van der Waals surface area contributed by atoms with Crippen molar-refractivity contribution in [1.29, 1.82) is 0 Å². The van der Waals surface area contributed by atoms with Crippen molar-refractivity contribution in [3.63, 3.8) is 0 Å². The van der Waals surface area contributed by atoms with Crippen molar-refractivity contribution in [3.05, 3.63) is 29.6 Å². The molecule has 4 nitrogen and oxygen atoms in total. The molecule has 1 aliphatic carbocycles. The van der Waals surface area contributed by atoms with Crippen LogP contribution < -0.4 is 10.1 Å². The molecule has 1 saturated carbocycles. The zero-order chi connectivity index (χ0) is 16.1. The summed E-state index contributed by atoms with van der Waals surface area (Å²) < 4.78 is 18.7. The summed E-state index contributed by atoms with van der Waals surface area (Å²) in [4.78, 5) is 6.34. The van der Waals surface area contributed by atoms with E-state index in [2.05, 4.69) is 17.2 Å². The van der Waals surface area contributed by atoms with Crippen LogP contribution in [0.5, 0.6) is 5.75 Å². The van der Waals surface area contributed by atoms with Crippen LogP contribution in [0, 0.1) is 11.7 Å². The second-order valence-corrected chi connectivity index (χ2v) is 5.91. The fourth-order valence-corrected chi connectivity index (χ4v) is 2.78. The number of halogens is 2. The molecule has 130 valence electrons. The predicted molar refractivity (Wildman–Crippen MR) is 103 cm³/mol. The lowest BCUT2D eigenvalue weighted by Crippen LogP contribution is -2.40. The molecule has 0 saturated heterocycles. The van der Waals surface area contributed by atoms with Gasteiger partial charge in [-0.2, -0.15) is 0 Å². The molecule has 0 bridgehead atoms. The van der Waals surface area contributed by atoms with E-state index in [-0.39, 0.29) is 35.5 Å². The van der Waals surface area contributed by atoms with Gasteiger partial charge in [0.1, 0.15) is 0 Å². The molecular weight excluding hydrogens is 408 g/mol. The van der Waals surface area contributed by atoms with Crippen molar-refractivity contribution in [2.24, 2.45) is 10.9 Å². The minimum Gasteiger partial charge on any atom is -0.494 e. The van der Waals surface area contributed by atoms with Crippen LogP contribution in [-0.2, 0) is 6.54 Å². The minimum atomic E-state index is -0.332. The lowest BCUT2D eigenvalue weighted by Gasteiger charge is -2.22. The third-order valence-corrected chi connectivity index (χ3v) is 4.11. The fraction of sp³-hybridized carbons (Fsp3) is 0.588. The van der Waals surface area contributed by atoms with Crippen molar-refractivity contribution in [2.45, 2.75) is 38.8 Å². The topological polar surface area (TPSA) is 36.9 Å². The quantitative estimate of drug-likeness (QED) is 0.421. The maximum Gasteiger partial charge on any atom is 0.193 e. The van der Waals surface area contributed by atoms with Crippen LogP contribution in [0.25, 0.3) is 0 Å². The Morgan fingerprint density at radius 2 is 2.22 bits per heavy atom. The molecule has 0 aliphatic heterocycles. The third-order valence-electron chi connectivity index (χ3n) is 4.11. The standard InChI is InChI=1S/C17H26FN3O.HI/c1-5-6-13-10-15(13)20-17(19-2)21(3)11-12-7-8-16(22-4)14(18)9-12;/h7-9,13,15H,5-6,10-11H2,1-4H3,(H,19,20);1H. The van der Waals surface area contributed by atoms with Gasteiger partial charge in [0.15, 0.2) is 17.5 Å². The summed E-state index contributed by atoms with van der Waals surface area (Å²) in [7, 11) is 5.22. The van der Waals surface area contributed by atoms with E-state index in [4.69, 9.17) is 4.74 Å². The Balaban J connectivity index is 0.00000264. The highest BCUT2D eigenvalue weighted by Gasteiger charge is 2.37. The van der Waals surface area contributed by atoms with E-state index in [1.165, 1.54) is 32.4 Å². The van der Waals surface area contributed by atoms with E-state index in [1.807, 2.05) is 18.0 Å². The lowest BCUT2D eigenvalue weighted by atomic mass is 10.2. The van der Waals surface area contributed by atoms with E-state index < -0.39 is 0 Å². The Bertz CT molecular complexity index is 539. The molecule has 0 aromatic heterocycles. The number of benzene rings is 1. The zero-order valence-electron chi connectivity index (χ0n) is 14.3. The van der Waals surface area contributed by atoms with Gasteiger partial charge in [-0.25, -0.2) is 4.39 Å².